The number of carbonyl (C=O) groups excluding carboxylic acids is 1. The molecule has 0 unspecified atom stereocenters. The fourth-order valence-electron chi connectivity index (χ4n) is 2.59. The Kier molecular flexibility index (Phi) is 3.15. The van der Waals surface area contributed by atoms with Crippen LogP contribution in [0.3, 0.4) is 0 Å². The maximum atomic E-state index is 11.1. The van der Waals surface area contributed by atoms with Gasteiger partial charge in [0.15, 0.2) is 6.29 Å². The lowest BCUT2D eigenvalue weighted by molar-refractivity contribution is 0.112. The van der Waals surface area contributed by atoms with Crippen LogP contribution in [0.15, 0.2) is 48.7 Å². The summed E-state index contributed by atoms with van der Waals surface area (Å²) in [6.45, 7) is 5.09. The number of benzene rings is 2. The SMILES string of the molecule is Cc1ccc(Cn2ccc3c(C=O)cccc32)cc1C. The third kappa shape index (κ3) is 2.14. The molecule has 2 aromatic carbocycles. The number of fused-ring (bicyclic) bond motifs is 1. The van der Waals surface area contributed by atoms with E-state index in [9.17, 15) is 4.79 Å². The van der Waals surface area contributed by atoms with Crippen molar-refractivity contribution in [2.24, 2.45) is 0 Å². The molecule has 0 spiro atoms. The van der Waals surface area contributed by atoms with Gasteiger partial charge in [0.05, 0.1) is 0 Å². The molecule has 0 bridgehead atoms. The normalized spacial score (nSPS) is 10.9. The number of hydrogen-bond donors (Lipinski definition) is 0. The van der Waals surface area contributed by atoms with Crippen LogP contribution in [-0.4, -0.2) is 10.9 Å². The van der Waals surface area contributed by atoms with E-state index in [2.05, 4.69) is 42.7 Å². The summed E-state index contributed by atoms with van der Waals surface area (Å²) in [5, 5.41) is 1.02. The monoisotopic (exact) mass is 263 g/mol. The molecule has 2 nitrogen and oxygen atoms in total. The Labute approximate surface area is 118 Å². The fraction of sp³-hybridized carbons (Fsp3) is 0.167. The van der Waals surface area contributed by atoms with Gasteiger partial charge in [0.1, 0.15) is 0 Å². The van der Waals surface area contributed by atoms with E-state index in [4.69, 9.17) is 0 Å². The summed E-state index contributed by atoms with van der Waals surface area (Å²) in [5.74, 6) is 0. The van der Waals surface area contributed by atoms with E-state index in [0.717, 1.165) is 29.3 Å². The van der Waals surface area contributed by atoms with E-state index in [1.807, 2.05) is 24.4 Å². The van der Waals surface area contributed by atoms with Gasteiger partial charge >= 0.3 is 0 Å². The molecule has 0 saturated carbocycles. The predicted molar refractivity (Wildman–Crippen MR) is 82.3 cm³/mol. The third-order valence-electron chi connectivity index (χ3n) is 3.90. The van der Waals surface area contributed by atoms with E-state index in [-0.39, 0.29) is 0 Å². The Morgan fingerprint density at radius 1 is 1.05 bits per heavy atom. The van der Waals surface area contributed by atoms with Crippen molar-refractivity contribution in [1.29, 1.82) is 0 Å². The van der Waals surface area contributed by atoms with Gasteiger partial charge < -0.3 is 4.57 Å². The minimum atomic E-state index is 0.751. The number of aryl methyl sites for hydroxylation is 2. The van der Waals surface area contributed by atoms with Crippen molar-refractivity contribution in [3.05, 3.63) is 70.9 Å². The Bertz CT molecular complexity index is 783. The Morgan fingerprint density at radius 3 is 2.65 bits per heavy atom. The molecule has 0 aliphatic rings. The molecule has 100 valence electrons. The van der Waals surface area contributed by atoms with Crippen molar-refractivity contribution in [1.82, 2.24) is 4.57 Å². The van der Waals surface area contributed by atoms with E-state index in [1.165, 1.54) is 16.7 Å². The fourth-order valence-corrected chi connectivity index (χ4v) is 2.59. The van der Waals surface area contributed by atoms with Gasteiger partial charge in [0.2, 0.25) is 0 Å². The highest BCUT2D eigenvalue weighted by Gasteiger charge is 2.05. The first-order valence-electron chi connectivity index (χ1n) is 6.78. The zero-order valence-electron chi connectivity index (χ0n) is 11.8. The highest BCUT2D eigenvalue weighted by Crippen LogP contribution is 2.21. The second-order valence-electron chi connectivity index (χ2n) is 5.26. The molecule has 1 heterocycles. The molecule has 3 rings (SSSR count). The highest BCUT2D eigenvalue weighted by molar-refractivity contribution is 5.97. The molecule has 0 radical (unpaired) electrons. The summed E-state index contributed by atoms with van der Waals surface area (Å²) in [6.07, 6.45) is 2.97. The molecule has 0 amide bonds. The first kappa shape index (κ1) is 12.7. The number of nitrogens with zero attached hydrogens (tertiary/aromatic N) is 1. The van der Waals surface area contributed by atoms with Crippen LogP contribution >= 0.6 is 0 Å². The largest absolute Gasteiger partial charge is 0.343 e. The number of rotatable bonds is 3. The predicted octanol–water partition coefficient (Wildman–Crippen LogP) is 4.12. The summed E-state index contributed by atoms with van der Waals surface area (Å²) in [5.41, 5.74) is 5.76. The minimum absolute atomic E-state index is 0.751. The maximum Gasteiger partial charge on any atom is 0.150 e. The topological polar surface area (TPSA) is 22.0 Å². The average molecular weight is 263 g/mol. The van der Waals surface area contributed by atoms with Gasteiger partial charge in [-0.1, -0.05) is 30.3 Å². The Morgan fingerprint density at radius 2 is 1.90 bits per heavy atom. The molecule has 0 atom stereocenters. The lowest BCUT2D eigenvalue weighted by Gasteiger charge is -2.08. The molecule has 2 heteroatoms. The zero-order valence-corrected chi connectivity index (χ0v) is 11.8. The number of carbonyl (C=O) groups is 1. The van der Waals surface area contributed by atoms with Crippen molar-refractivity contribution in [2.75, 3.05) is 0 Å². The van der Waals surface area contributed by atoms with Gasteiger partial charge in [-0.05, 0) is 42.7 Å². The summed E-state index contributed by atoms with van der Waals surface area (Å²) in [4.78, 5) is 11.1. The second kappa shape index (κ2) is 4.97. The smallest absolute Gasteiger partial charge is 0.150 e. The summed E-state index contributed by atoms with van der Waals surface area (Å²) in [7, 11) is 0. The lowest BCUT2D eigenvalue weighted by atomic mass is 10.1. The summed E-state index contributed by atoms with van der Waals surface area (Å²) < 4.78 is 2.19. The molecule has 20 heavy (non-hydrogen) atoms. The van der Waals surface area contributed by atoms with Gasteiger partial charge in [0, 0.05) is 29.2 Å². The van der Waals surface area contributed by atoms with Crippen LogP contribution in [0, 0.1) is 13.8 Å². The van der Waals surface area contributed by atoms with Crippen LogP contribution in [0.2, 0.25) is 0 Å². The Balaban J connectivity index is 2.02. The molecule has 3 aromatic rings. The van der Waals surface area contributed by atoms with E-state index in [1.54, 1.807) is 0 Å². The van der Waals surface area contributed by atoms with Crippen LogP contribution in [0.4, 0.5) is 0 Å². The maximum absolute atomic E-state index is 11.1. The van der Waals surface area contributed by atoms with Crippen molar-refractivity contribution in [3.63, 3.8) is 0 Å². The number of hydrogen-bond acceptors (Lipinski definition) is 1. The number of aromatic nitrogens is 1. The van der Waals surface area contributed by atoms with E-state index >= 15 is 0 Å². The molecule has 1 aromatic heterocycles. The van der Waals surface area contributed by atoms with Gasteiger partial charge in [-0.25, -0.2) is 0 Å². The lowest BCUT2D eigenvalue weighted by Crippen LogP contribution is -1.99. The van der Waals surface area contributed by atoms with E-state index < -0.39 is 0 Å². The van der Waals surface area contributed by atoms with Crippen LogP contribution in [0.5, 0.6) is 0 Å². The number of aldehydes is 1. The molecule has 0 fully saturated rings. The van der Waals surface area contributed by atoms with Crippen LogP contribution in [0.25, 0.3) is 10.9 Å². The van der Waals surface area contributed by atoms with Crippen molar-refractivity contribution in [2.45, 2.75) is 20.4 Å². The quantitative estimate of drug-likeness (QED) is 0.651. The van der Waals surface area contributed by atoms with Crippen molar-refractivity contribution in [3.8, 4) is 0 Å². The molecule has 0 aliphatic carbocycles. The summed E-state index contributed by atoms with van der Waals surface area (Å²) in [6, 6.07) is 14.4. The zero-order chi connectivity index (χ0) is 14.1. The molecule has 0 saturated heterocycles. The van der Waals surface area contributed by atoms with Gasteiger partial charge in [-0.2, -0.15) is 0 Å². The first-order valence-corrected chi connectivity index (χ1v) is 6.78. The molecular formula is C18H17NO. The Hall–Kier alpha value is -2.35. The van der Waals surface area contributed by atoms with Crippen LogP contribution < -0.4 is 0 Å². The van der Waals surface area contributed by atoms with E-state index in [0.29, 0.717) is 0 Å². The first-order chi connectivity index (χ1) is 9.69. The average Bonchev–Trinajstić information content (AvgIpc) is 2.86. The second-order valence-corrected chi connectivity index (χ2v) is 5.26. The standard InChI is InChI=1S/C18H17NO/c1-13-6-7-15(10-14(13)2)11-19-9-8-17-16(12-20)4-3-5-18(17)19/h3-10,12H,11H2,1-2H3. The molecule has 0 aliphatic heterocycles. The van der Waals surface area contributed by atoms with Crippen molar-refractivity contribution >= 4 is 17.2 Å². The minimum Gasteiger partial charge on any atom is -0.343 e. The van der Waals surface area contributed by atoms with Crippen LogP contribution in [0.1, 0.15) is 27.0 Å². The van der Waals surface area contributed by atoms with Gasteiger partial charge in [-0.3, -0.25) is 4.79 Å². The van der Waals surface area contributed by atoms with Crippen molar-refractivity contribution < 1.29 is 4.79 Å². The highest BCUT2D eigenvalue weighted by atomic mass is 16.1. The third-order valence-corrected chi connectivity index (χ3v) is 3.90. The van der Waals surface area contributed by atoms with Gasteiger partial charge in [0.25, 0.3) is 0 Å². The molecule has 0 N–H and O–H groups in total. The summed E-state index contributed by atoms with van der Waals surface area (Å²) >= 11 is 0. The van der Waals surface area contributed by atoms with Gasteiger partial charge in [-0.15, -0.1) is 0 Å². The molecular weight excluding hydrogens is 246 g/mol. The van der Waals surface area contributed by atoms with Crippen LogP contribution in [-0.2, 0) is 6.54 Å².